The Hall–Kier alpha value is -0.0500. The molecule has 12 heavy (non-hydrogen) atoms. The number of alkyl halides is 1. The predicted octanol–water partition coefficient (Wildman–Crippen LogP) is 2.69. The zero-order chi connectivity index (χ0) is 8.72. The van der Waals surface area contributed by atoms with Crippen LogP contribution in [0, 0.1) is 0 Å². The van der Waals surface area contributed by atoms with Crippen molar-refractivity contribution in [1.82, 2.24) is 0 Å². The molecular formula is C9H8BrClO. The van der Waals surface area contributed by atoms with Crippen LogP contribution in [-0.4, -0.2) is 9.93 Å². The van der Waals surface area contributed by atoms with Crippen LogP contribution in [0.5, 0.6) is 0 Å². The van der Waals surface area contributed by atoms with Crippen LogP contribution in [0.15, 0.2) is 18.2 Å². The molecule has 3 heteroatoms. The molecule has 0 unspecified atom stereocenters. The maximum atomic E-state index is 9.67. The molecule has 64 valence electrons. The predicted molar refractivity (Wildman–Crippen MR) is 52.8 cm³/mol. The van der Waals surface area contributed by atoms with Crippen molar-refractivity contribution in [2.75, 3.05) is 0 Å². The van der Waals surface area contributed by atoms with Gasteiger partial charge in [0, 0.05) is 9.85 Å². The zero-order valence-electron chi connectivity index (χ0n) is 6.30. The van der Waals surface area contributed by atoms with E-state index in [1.807, 2.05) is 18.2 Å². The molecule has 1 N–H and O–H groups in total. The van der Waals surface area contributed by atoms with E-state index in [1.54, 1.807) is 0 Å². The molecule has 2 rings (SSSR count). The lowest BCUT2D eigenvalue weighted by atomic mass is 10.1. The van der Waals surface area contributed by atoms with Gasteiger partial charge in [-0.2, -0.15) is 0 Å². The van der Waals surface area contributed by atoms with Gasteiger partial charge in [0.25, 0.3) is 0 Å². The van der Waals surface area contributed by atoms with Crippen LogP contribution < -0.4 is 0 Å². The number of hydrogen-bond acceptors (Lipinski definition) is 1. The normalized spacial score (nSPS) is 27.2. The van der Waals surface area contributed by atoms with E-state index in [9.17, 15) is 5.11 Å². The fourth-order valence-corrected chi connectivity index (χ4v) is 2.44. The highest BCUT2D eigenvalue weighted by atomic mass is 79.9. The van der Waals surface area contributed by atoms with Gasteiger partial charge >= 0.3 is 0 Å². The highest BCUT2D eigenvalue weighted by Gasteiger charge is 2.29. The van der Waals surface area contributed by atoms with Gasteiger partial charge in [0.2, 0.25) is 0 Å². The van der Waals surface area contributed by atoms with Crippen LogP contribution in [-0.2, 0) is 6.42 Å². The summed E-state index contributed by atoms with van der Waals surface area (Å²) in [4.78, 5) is 0.118. The van der Waals surface area contributed by atoms with Crippen LogP contribution in [0.4, 0.5) is 0 Å². The first-order valence-corrected chi connectivity index (χ1v) is 5.09. The van der Waals surface area contributed by atoms with Crippen molar-refractivity contribution >= 4 is 27.5 Å². The number of benzene rings is 1. The topological polar surface area (TPSA) is 20.2 Å². The SMILES string of the molecule is O[C@@H]1c2cccc(Cl)c2C[C@@H]1Br. The lowest BCUT2D eigenvalue weighted by Gasteiger charge is -2.06. The van der Waals surface area contributed by atoms with E-state index in [4.69, 9.17) is 11.6 Å². The third-order valence-corrected chi connectivity index (χ3v) is 3.39. The summed E-state index contributed by atoms with van der Waals surface area (Å²) in [6.45, 7) is 0. The van der Waals surface area contributed by atoms with E-state index in [-0.39, 0.29) is 4.83 Å². The monoisotopic (exact) mass is 246 g/mol. The summed E-state index contributed by atoms with van der Waals surface area (Å²) in [6.07, 6.45) is 0.412. The third kappa shape index (κ3) is 1.18. The fraction of sp³-hybridized carbons (Fsp3) is 0.333. The van der Waals surface area contributed by atoms with Crippen LogP contribution in [0.25, 0.3) is 0 Å². The number of rotatable bonds is 0. The summed E-state index contributed by atoms with van der Waals surface area (Å²) in [5.74, 6) is 0. The molecule has 0 aliphatic heterocycles. The average Bonchev–Trinajstić information content (AvgIpc) is 2.32. The lowest BCUT2D eigenvalue weighted by Crippen LogP contribution is -2.03. The van der Waals surface area contributed by atoms with Crippen molar-refractivity contribution in [2.45, 2.75) is 17.4 Å². The van der Waals surface area contributed by atoms with Crippen LogP contribution in [0.3, 0.4) is 0 Å². The Labute approximate surface area is 84.5 Å². The molecule has 0 radical (unpaired) electrons. The highest BCUT2D eigenvalue weighted by Crippen LogP contribution is 2.38. The molecule has 0 aromatic heterocycles. The van der Waals surface area contributed by atoms with Crippen molar-refractivity contribution in [3.8, 4) is 0 Å². The van der Waals surface area contributed by atoms with Crippen LogP contribution >= 0.6 is 27.5 Å². The van der Waals surface area contributed by atoms with Gasteiger partial charge < -0.3 is 5.11 Å². The Morgan fingerprint density at radius 3 is 2.92 bits per heavy atom. The van der Waals surface area contributed by atoms with Crippen LogP contribution in [0.2, 0.25) is 5.02 Å². The maximum absolute atomic E-state index is 9.67. The fourth-order valence-electron chi connectivity index (χ4n) is 1.57. The van der Waals surface area contributed by atoms with Gasteiger partial charge in [-0.15, -0.1) is 0 Å². The minimum absolute atomic E-state index is 0.118. The first-order chi connectivity index (χ1) is 5.70. The molecule has 2 atom stereocenters. The molecule has 0 saturated carbocycles. The van der Waals surface area contributed by atoms with Gasteiger partial charge in [-0.25, -0.2) is 0 Å². The number of fused-ring (bicyclic) bond motifs is 1. The van der Waals surface area contributed by atoms with Gasteiger partial charge in [0.1, 0.15) is 0 Å². The van der Waals surface area contributed by atoms with Gasteiger partial charge in [0.05, 0.1) is 6.10 Å². The smallest absolute Gasteiger partial charge is 0.0921 e. The van der Waals surface area contributed by atoms with Gasteiger partial charge in [0.15, 0.2) is 0 Å². The average molecular weight is 248 g/mol. The molecule has 1 nitrogen and oxygen atoms in total. The van der Waals surface area contributed by atoms with E-state index >= 15 is 0 Å². The second-order valence-electron chi connectivity index (χ2n) is 2.97. The molecule has 1 aliphatic rings. The summed E-state index contributed by atoms with van der Waals surface area (Å²) in [5.41, 5.74) is 2.04. The summed E-state index contributed by atoms with van der Waals surface area (Å²) >= 11 is 9.38. The highest BCUT2D eigenvalue weighted by molar-refractivity contribution is 9.09. The van der Waals surface area contributed by atoms with E-state index in [0.29, 0.717) is 0 Å². The van der Waals surface area contributed by atoms with E-state index in [1.165, 1.54) is 0 Å². The van der Waals surface area contributed by atoms with E-state index in [0.717, 1.165) is 22.6 Å². The number of halogens is 2. The third-order valence-electron chi connectivity index (χ3n) is 2.22. The van der Waals surface area contributed by atoms with Crippen molar-refractivity contribution in [3.05, 3.63) is 34.3 Å². The molecule has 0 fully saturated rings. The maximum Gasteiger partial charge on any atom is 0.0921 e. The van der Waals surface area contributed by atoms with Crippen LogP contribution in [0.1, 0.15) is 17.2 Å². The Balaban J connectivity index is 2.53. The number of aliphatic hydroxyl groups excluding tert-OH is 1. The van der Waals surface area contributed by atoms with Crippen molar-refractivity contribution in [2.24, 2.45) is 0 Å². The molecule has 0 saturated heterocycles. The second-order valence-corrected chi connectivity index (χ2v) is 4.56. The largest absolute Gasteiger partial charge is 0.387 e. The Bertz CT molecular complexity index is 313. The molecule has 0 spiro atoms. The van der Waals surface area contributed by atoms with E-state index in [2.05, 4.69) is 15.9 Å². The summed E-state index contributed by atoms with van der Waals surface area (Å²) < 4.78 is 0. The summed E-state index contributed by atoms with van der Waals surface area (Å²) in [5, 5.41) is 10.4. The molecule has 1 aliphatic carbocycles. The summed E-state index contributed by atoms with van der Waals surface area (Å²) in [7, 11) is 0. The first-order valence-electron chi connectivity index (χ1n) is 3.79. The molecule has 0 amide bonds. The number of hydrogen-bond donors (Lipinski definition) is 1. The Kier molecular flexibility index (Phi) is 2.15. The van der Waals surface area contributed by atoms with Crippen molar-refractivity contribution in [1.29, 1.82) is 0 Å². The zero-order valence-corrected chi connectivity index (χ0v) is 8.64. The number of aliphatic hydroxyl groups is 1. The Morgan fingerprint density at radius 1 is 1.50 bits per heavy atom. The molecule has 0 bridgehead atoms. The van der Waals surface area contributed by atoms with Gasteiger partial charge in [-0.1, -0.05) is 39.7 Å². The Morgan fingerprint density at radius 2 is 2.25 bits per heavy atom. The minimum atomic E-state index is -0.404. The van der Waals surface area contributed by atoms with Crippen molar-refractivity contribution < 1.29 is 5.11 Å². The van der Waals surface area contributed by atoms with E-state index < -0.39 is 6.10 Å². The van der Waals surface area contributed by atoms with Gasteiger partial charge in [-0.3, -0.25) is 0 Å². The molecular weight excluding hydrogens is 239 g/mol. The quantitative estimate of drug-likeness (QED) is 0.699. The molecule has 0 heterocycles. The molecule has 1 aromatic carbocycles. The standard InChI is InChI=1S/C9H8BrClO/c10-7-4-6-5(9(7)12)2-1-3-8(6)11/h1-3,7,9,12H,4H2/t7-,9+/m0/s1. The lowest BCUT2D eigenvalue weighted by molar-refractivity contribution is 0.187. The second kappa shape index (κ2) is 3.02. The van der Waals surface area contributed by atoms with Gasteiger partial charge in [-0.05, 0) is 23.6 Å². The first kappa shape index (κ1) is 8.54. The molecule has 1 aromatic rings. The summed E-state index contributed by atoms with van der Waals surface area (Å²) in [6, 6.07) is 5.65. The minimum Gasteiger partial charge on any atom is -0.387 e. The van der Waals surface area contributed by atoms with Crippen molar-refractivity contribution in [3.63, 3.8) is 0 Å².